The summed E-state index contributed by atoms with van der Waals surface area (Å²) in [6.45, 7) is 0. The van der Waals surface area contributed by atoms with Gasteiger partial charge >= 0.3 is 0 Å². The molecule has 3 nitrogen and oxygen atoms in total. The summed E-state index contributed by atoms with van der Waals surface area (Å²) in [7, 11) is 0. The summed E-state index contributed by atoms with van der Waals surface area (Å²) < 4.78 is 1.79. The maximum absolute atomic E-state index is 11.2. The highest BCUT2D eigenvalue weighted by atomic mass is 127. The molecule has 1 aromatic rings. The van der Waals surface area contributed by atoms with Crippen molar-refractivity contribution in [1.29, 1.82) is 0 Å². The number of carbonyl (C=O) groups excluding carboxylic acids is 2. The van der Waals surface area contributed by atoms with Gasteiger partial charge in [-0.2, -0.15) is 0 Å². The molecule has 0 bridgehead atoms. The van der Waals surface area contributed by atoms with E-state index in [1.807, 2.05) is 67.8 Å². The van der Waals surface area contributed by atoms with Gasteiger partial charge in [-0.3, -0.25) is 9.59 Å². The lowest BCUT2D eigenvalue weighted by atomic mass is 10.1. The number of benzene rings is 1. The van der Waals surface area contributed by atoms with Crippen LogP contribution >= 0.6 is 79.4 Å². The number of hydrogen-bond donors (Lipinski definition) is 1. The van der Waals surface area contributed by atoms with Crippen molar-refractivity contribution >= 4 is 96.6 Å². The van der Waals surface area contributed by atoms with Gasteiger partial charge in [0.1, 0.15) is 0 Å². The van der Waals surface area contributed by atoms with E-state index in [-0.39, 0.29) is 0 Å². The standard InChI is InChI=1S/C8H3ClI3NO2/c9-8(15)3-4(10)2(1-14)5(11)7(13)6(3)12/h1H,13H2. The fourth-order valence-electron chi connectivity index (χ4n) is 0.980. The lowest BCUT2D eigenvalue weighted by molar-refractivity contribution is 0.108. The van der Waals surface area contributed by atoms with Crippen LogP contribution in [-0.2, 0) is 0 Å². The first-order valence-electron chi connectivity index (χ1n) is 3.52. The molecule has 0 fully saturated rings. The van der Waals surface area contributed by atoms with Crippen LogP contribution in [0.1, 0.15) is 20.7 Å². The van der Waals surface area contributed by atoms with Crippen LogP contribution in [0.3, 0.4) is 0 Å². The summed E-state index contributed by atoms with van der Waals surface area (Å²) in [5, 5.41) is -0.602. The fourth-order valence-corrected chi connectivity index (χ4v) is 5.40. The van der Waals surface area contributed by atoms with Crippen LogP contribution < -0.4 is 5.73 Å². The van der Waals surface area contributed by atoms with Crippen molar-refractivity contribution in [2.45, 2.75) is 0 Å². The highest BCUT2D eigenvalue weighted by Gasteiger charge is 2.21. The number of halogens is 4. The Morgan fingerprint density at radius 3 is 2.13 bits per heavy atom. The molecular weight excluding hydrogens is 558 g/mol. The second-order valence-corrected chi connectivity index (χ2v) is 6.12. The third-order valence-electron chi connectivity index (χ3n) is 1.70. The zero-order valence-electron chi connectivity index (χ0n) is 6.98. The van der Waals surface area contributed by atoms with Crippen molar-refractivity contribution < 1.29 is 9.59 Å². The van der Waals surface area contributed by atoms with Crippen LogP contribution in [0.2, 0.25) is 0 Å². The molecule has 15 heavy (non-hydrogen) atoms. The molecule has 0 heterocycles. The maximum atomic E-state index is 11.2. The molecule has 0 amide bonds. The number of nitrogen functional groups attached to an aromatic ring is 1. The molecule has 0 aliphatic carbocycles. The number of rotatable bonds is 2. The van der Waals surface area contributed by atoms with Gasteiger partial charge in [-0.25, -0.2) is 0 Å². The SMILES string of the molecule is Nc1c(I)c(C=O)c(I)c(C(=O)Cl)c1I. The van der Waals surface area contributed by atoms with Crippen LogP contribution in [0.5, 0.6) is 0 Å². The average molecular weight is 561 g/mol. The van der Waals surface area contributed by atoms with Crippen LogP contribution in [-0.4, -0.2) is 11.5 Å². The Bertz CT molecular complexity index is 462. The van der Waals surface area contributed by atoms with Gasteiger partial charge in [-0.15, -0.1) is 0 Å². The molecule has 0 atom stereocenters. The molecule has 0 aliphatic rings. The second-order valence-electron chi connectivity index (χ2n) is 2.54. The van der Waals surface area contributed by atoms with Crippen molar-refractivity contribution in [1.82, 2.24) is 0 Å². The quantitative estimate of drug-likeness (QED) is 0.261. The zero-order chi connectivity index (χ0) is 11.7. The minimum atomic E-state index is -0.602. The summed E-state index contributed by atoms with van der Waals surface area (Å²) in [5.74, 6) is 0. The van der Waals surface area contributed by atoms with Gasteiger partial charge in [0.25, 0.3) is 5.24 Å². The Kier molecular flexibility index (Phi) is 5.05. The third kappa shape index (κ3) is 2.57. The summed E-state index contributed by atoms with van der Waals surface area (Å²) in [6.07, 6.45) is 0.680. The normalized spacial score (nSPS) is 10.1. The zero-order valence-corrected chi connectivity index (χ0v) is 14.2. The molecule has 80 valence electrons. The monoisotopic (exact) mass is 561 g/mol. The third-order valence-corrected chi connectivity index (χ3v) is 5.29. The minimum Gasteiger partial charge on any atom is -0.397 e. The highest BCUT2D eigenvalue weighted by molar-refractivity contribution is 14.1. The molecule has 1 aromatic carbocycles. The molecule has 0 saturated carbocycles. The first-order chi connectivity index (χ1) is 6.91. The maximum Gasteiger partial charge on any atom is 0.254 e. The van der Waals surface area contributed by atoms with Crippen molar-refractivity contribution in [3.05, 3.63) is 21.8 Å². The largest absolute Gasteiger partial charge is 0.397 e. The number of nitrogens with two attached hydrogens (primary N) is 1. The topological polar surface area (TPSA) is 60.2 Å². The van der Waals surface area contributed by atoms with E-state index in [2.05, 4.69) is 0 Å². The van der Waals surface area contributed by atoms with Gasteiger partial charge in [0.05, 0.1) is 14.8 Å². The van der Waals surface area contributed by atoms with Crippen LogP contribution in [0.4, 0.5) is 5.69 Å². The van der Waals surface area contributed by atoms with Gasteiger partial charge in [0, 0.05) is 12.7 Å². The number of carbonyl (C=O) groups is 2. The lowest BCUT2D eigenvalue weighted by Crippen LogP contribution is -2.08. The number of anilines is 1. The van der Waals surface area contributed by atoms with E-state index in [9.17, 15) is 9.59 Å². The van der Waals surface area contributed by atoms with E-state index in [0.29, 0.717) is 33.8 Å². The minimum absolute atomic E-state index is 0.304. The molecule has 0 aromatic heterocycles. The van der Waals surface area contributed by atoms with Gasteiger partial charge < -0.3 is 5.73 Å². The Balaban J connectivity index is 3.75. The van der Waals surface area contributed by atoms with E-state index < -0.39 is 5.24 Å². The van der Waals surface area contributed by atoms with E-state index in [1.165, 1.54) is 0 Å². The van der Waals surface area contributed by atoms with Crippen LogP contribution in [0, 0.1) is 10.7 Å². The van der Waals surface area contributed by atoms with Crippen molar-refractivity contribution in [2.75, 3.05) is 5.73 Å². The Hall–Kier alpha value is 0.840. The van der Waals surface area contributed by atoms with Crippen molar-refractivity contribution in [2.24, 2.45) is 0 Å². The molecule has 0 spiro atoms. The number of hydrogen-bond acceptors (Lipinski definition) is 3. The molecule has 7 heteroatoms. The van der Waals surface area contributed by atoms with Crippen molar-refractivity contribution in [3.8, 4) is 0 Å². The molecule has 0 aliphatic heterocycles. The molecule has 2 N–H and O–H groups in total. The number of aldehydes is 1. The molecule has 1 rings (SSSR count). The fraction of sp³-hybridized carbons (Fsp3) is 0. The second kappa shape index (κ2) is 5.45. The molecular formula is C8H3ClI3NO2. The Morgan fingerprint density at radius 2 is 1.73 bits per heavy atom. The first kappa shape index (κ1) is 13.9. The molecule has 0 saturated heterocycles. The van der Waals surface area contributed by atoms with Crippen LogP contribution in [0.15, 0.2) is 0 Å². The first-order valence-corrected chi connectivity index (χ1v) is 7.14. The van der Waals surface area contributed by atoms with E-state index in [0.717, 1.165) is 0 Å². The smallest absolute Gasteiger partial charge is 0.254 e. The summed E-state index contributed by atoms with van der Waals surface area (Å²) >= 11 is 11.3. The lowest BCUT2D eigenvalue weighted by Gasteiger charge is -2.11. The van der Waals surface area contributed by atoms with E-state index in [1.54, 1.807) is 0 Å². The summed E-state index contributed by atoms with van der Waals surface area (Å²) in [5.41, 5.74) is 6.92. The highest BCUT2D eigenvalue weighted by Crippen LogP contribution is 2.33. The van der Waals surface area contributed by atoms with Crippen molar-refractivity contribution in [3.63, 3.8) is 0 Å². The van der Waals surface area contributed by atoms with Crippen LogP contribution in [0.25, 0.3) is 0 Å². The summed E-state index contributed by atoms with van der Waals surface area (Å²) in [6, 6.07) is 0. The van der Waals surface area contributed by atoms with E-state index >= 15 is 0 Å². The van der Waals surface area contributed by atoms with Gasteiger partial charge in [-0.1, -0.05) is 0 Å². The predicted molar refractivity (Wildman–Crippen MR) is 84.6 cm³/mol. The van der Waals surface area contributed by atoms with E-state index in [4.69, 9.17) is 17.3 Å². The van der Waals surface area contributed by atoms with Gasteiger partial charge in [-0.05, 0) is 79.4 Å². The predicted octanol–water partition coefficient (Wildman–Crippen LogP) is 3.27. The van der Waals surface area contributed by atoms with Gasteiger partial charge in [0.15, 0.2) is 6.29 Å². The molecule has 0 unspecified atom stereocenters. The Morgan fingerprint density at radius 1 is 1.20 bits per heavy atom. The Labute approximate surface area is 132 Å². The average Bonchev–Trinajstić information content (AvgIpc) is 2.15. The van der Waals surface area contributed by atoms with Gasteiger partial charge in [0.2, 0.25) is 0 Å². The summed E-state index contributed by atoms with van der Waals surface area (Å²) in [4.78, 5) is 22.1. The molecule has 0 radical (unpaired) electrons.